The molecule has 2 rings (SSSR count). The molecular weight excluding hydrogens is 373 g/mol. The molecule has 133 valence electrons. The summed E-state index contributed by atoms with van der Waals surface area (Å²) in [5.41, 5.74) is 0. The first kappa shape index (κ1) is 22.8. The van der Waals surface area contributed by atoms with Gasteiger partial charge >= 0.3 is 10.4 Å². The van der Waals surface area contributed by atoms with Crippen molar-refractivity contribution in [1.29, 1.82) is 0 Å². The minimum atomic E-state index is -4.61. The smallest absolute Gasteiger partial charge is 0.446 e. The fourth-order valence-corrected chi connectivity index (χ4v) is 2.54. The van der Waals surface area contributed by atoms with Crippen molar-refractivity contribution in [2.24, 2.45) is 0 Å². The van der Waals surface area contributed by atoms with Crippen LogP contribution < -0.4 is 14.2 Å². The molecule has 25 heavy (non-hydrogen) atoms. The minimum absolute atomic E-state index is 0. The Morgan fingerprint density at radius 1 is 1.08 bits per heavy atom. The fourth-order valence-electron chi connectivity index (χ4n) is 2.17. The van der Waals surface area contributed by atoms with Crippen LogP contribution in [0.4, 0.5) is 0 Å². The van der Waals surface area contributed by atoms with Crippen molar-refractivity contribution in [3.05, 3.63) is 36.4 Å². The predicted octanol–water partition coefficient (Wildman–Crippen LogP) is 1.38. The van der Waals surface area contributed by atoms with Crippen LogP contribution in [0.3, 0.4) is 0 Å². The number of aliphatic hydroxyl groups is 1. The van der Waals surface area contributed by atoms with Crippen molar-refractivity contribution in [3.8, 4) is 11.5 Å². The molecule has 1 atom stereocenters. The predicted molar refractivity (Wildman–Crippen MR) is 96.5 cm³/mol. The molecule has 7 nitrogen and oxygen atoms in total. The van der Waals surface area contributed by atoms with E-state index in [-0.39, 0.29) is 69.8 Å². The summed E-state index contributed by atoms with van der Waals surface area (Å²) in [7, 11) is -4.61. The van der Waals surface area contributed by atoms with E-state index in [9.17, 15) is 13.5 Å². The molecule has 1 unspecified atom stereocenters. The number of hydrogen-bond donors (Lipinski definition) is 3. The molecule has 0 aliphatic heterocycles. The van der Waals surface area contributed by atoms with E-state index >= 15 is 0 Å². The van der Waals surface area contributed by atoms with Gasteiger partial charge in [0, 0.05) is 74.7 Å². The Balaban J connectivity index is 0.00000312. The Hall–Kier alpha value is -0.234. The van der Waals surface area contributed by atoms with Crippen molar-refractivity contribution < 1.29 is 27.0 Å². The minimum Gasteiger partial charge on any atom is -0.490 e. The van der Waals surface area contributed by atoms with Crippen LogP contribution in [0.5, 0.6) is 11.5 Å². The van der Waals surface area contributed by atoms with Crippen LogP contribution in [-0.4, -0.2) is 94.8 Å². The summed E-state index contributed by atoms with van der Waals surface area (Å²) in [4.78, 5) is 0. The van der Waals surface area contributed by atoms with E-state index in [1.165, 1.54) is 12.1 Å². The molecule has 9 heteroatoms. The van der Waals surface area contributed by atoms with Crippen molar-refractivity contribution in [1.82, 2.24) is 5.32 Å². The van der Waals surface area contributed by atoms with E-state index in [1.54, 1.807) is 24.3 Å². The van der Waals surface area contributed by atoms with Gasteiger partial charge in [0.2, 0.25) is 0 Å². The molecule has 0 aliphatic rings. The molecule has 3 N–H and O–H groups in total. The molecule has 0 heterocycles. The Kier molecular flexibility index (Phi) is 9.30. The van der Waals surface area contributed by atoms with Crippen LogP contribution >= 0.6 is 0 Å². The summed E-state index contributed by atoms with van der Waals surface area (Å²) in [5.74, 6) is 0.486. The zero-order valence-electron chi connectivity index (χ0n) is 14.5. The molecule has 0 saturated carbocycles. The van der Waals surface area contributed by atoms with Crippen LogP contribution in [0, 0.1) is 0 Å². The van der Waals surface area contributed by atoms with Gasteiger partial charge in [-0.25, -0.2) is 0 Å². The Bertz CT molecular complexity index is 796. The standard InChI is InChI=1S/C16H21NO6S.K/c1-11(2)17-9-12(18)10-22-15-7-8-16(23-24(19,20)21)14-6-4-3-5-13(14)15;/h3-8,11-12,17-18H,9-10H2,1-2H3,(H,19,20,21);. The summed E-state index contributed by atoms with van der Waals surface area (Å²) < 4.78 is 40.9. The van der Waals surface area contributed by atoms with E-state index in [1.807, 2.05) is 13.8 Å². The zero-order chi connectivity index (χ0) is 17.7. The van der Waals surface area contributed by atoms with Crippen LogP contribution in [0.25, 0.3) is 10.8 Å². The summed E-state index contributed by atoms with van der Waals surface area (Å²) in [6, 6.07) is 10.1. The van der Waals surface area contributed by atoms with Gasteiger partial charge in [0.1, 0.15) is 18.5 Å². The van der Waals surface area contributed by atoms with Gasteiger partial charge in [-0.15, -0.1) is 0 Å². The van der Waals surface area contributed by atoms with E-state index in [0.29, 0.717) is 23.1 Å². The Morgan fingerprint density at radius 3 is 2.20 bits per heavy atom. The van der Waals surface area contributed by atoms with Gasteiger partial charge in [0.05, 0.1) is 0 Å². The maximum atomic E-state index is 10.9. The first-order chi connectivity index (χ1) is 11.3. The quantitative estimate of drug-likeness (QED) is 0.459. The van der Waals surface area contributed by atoms with Crippen LogP contribution in [-0.2, 0) is 10.4 Å². The number of ether oxygens (including phenoxy) is 1. The number of benzene rings is 2. The van der Waals surface area contributed by atoms with Gasteiger partial charge in [-0.1, -0.05) is 38.1 Å². The van der Waals surface area contributed by atoms with Gasteiger partial charge < -0.3 is 19.3 Å². The third-order valence-corrected chi connectivity index (χ3v) is 3.62. The Labute approximate surface area is 190 Å². The van der Waals surface area contributed by atoms with E-state index in [2.05, 4.69) is 9.50 Å². The average Bonchev–Trinajstić information content (AvgIpc) is 2.51. The first-order valence-electron chi connectivity index (χ1n) is 7.49. The molecule has 2 aromatic rings. The van der Waals surface area contributed by atoms with E-state index in [0.717, 1.165) is 0 Å². The second-order valence-electron chi connectivity index (χ2n) is 5.65. The van der Waals surface area contributed by atoms with Crippen molar-refractivity contribution in [2.45, 2.75) is 26.0 Å². The number of rotatable bonds is 8. The van der Waals surface area contributed by atoms with Crippen molar-refractivity contribution in [2.75, 3.05) is 13.2 Å². The molecule has 0 bridgehead atoms. The zero-order valence-corrected chi connectivity index (χ0v) is 18.4. The topological polar surface area (TPSA) is 105 Å². The number of hydrogen-bond acceptors (Lipinski definition) is 6. The maximum absolute atomic E-state index is 10.9. The second-order valence-corrected chi connectivity index (χ2v) is 6.67. The average molecular weight is 395 g/mol. The van der Waals surface area contributed by atoms with Crippen molar-refractivity contribution in [3.63, 3.8) is 0 Å². The third kappa shape index (κ3) is 7.49. The number of nitrogens with one attached hydrogen (secondary N) is 1. The summed E-state index contributed by atoms with van der Waals surface area (Å²) in [6.45, 7) is 4.45. The molecular formula is C16H21KNO6S. The van der Waals surface area contributed by atoms with Crippen LogP contribution in [0.2, 0.25) is 0 Å². The largest absolute Gasteiger partial charge is 0.490 e. The summed E-state index contributed by atoms with van der Waals surface area (Å²) in [5, 5.41) is 14.1. The fraction of sp³-hybridized carbons (Fsp3) is 0.375. The molecule has 0 amide bonds. The van der Waals surface area contributed by atoms with Gasteiger partial charge in [0.25, 0.3) is 0 Å². The number of aliphatic hydroxyl groups excluding tert-OH is 1. The van der Waals surface area contributed by atoms with Gasteiger partial charge in [0.15, 0.2) is 5.75 Å². The summed E-state index contributed by atoms with van der Waals surface area (Å²) >= 11 is 0. The number of fused-ring (bicyclic) bond motifs is 1. The molecule has 0 aliphatic carbocycles. The van der Waals surface area contributed by atoms with Crippen LogP contribution in [0.15, 0.2) is 36.4 Å². The normalized spacial score (nSPS) is 12.7. The second kappa shape index (κ2) is 10.2. The molecule has 0 aromatic heterocycles. The van der Waals surface area contributed by atoms with Gasteiger partial charge in [-0.2, -0.15) is 8.42 Å². The van der Waals surface area contributed by atoms with E-state index in [4.69, 9.17) is 9.29 Å². The third-order valence-electron chi connectivity index (χ3n) is 3.23. The monoisotopic (exact) mass is 394 g/mol. The SMILES string of the molecule is CC(C)NCC(O)COc1ccc(OS(=O)(=O)O)c2ccccc12.[K]. The molecule has 0 spiro atoms. The molecule has 1 radical (unpaired) electrons. The van der Waals surface area contributed by atoms with E-state index < -0.39 is 16.5 Å². The van der Waals surface area contributed by atoms with Gasteiger partial charge in [-0.05, 0) is 12.1 Å². The molecule has 0 fully saturated rings. The molecule has 2 aromatic carbocycles. The maximum Gasteiger partial charge on any atom is 0.446 e. The summed E-state index contributed by atoms with van der Waals surface area (Å²) in [6.07, 6.45) is -0.681. The Morgan fingerprint density at radius 2 is 1.64 bits per heavy atom. The van der Waals surface area contributed by atoms with Crippen LogP contribution in [0.1, 0.15) is 13.8 Å². The first-order valence-corrected chi connectivity index (χ1v) is 8.85. The van der Waals surface area contributed by atoms with Crippen molar-refractivity contribution >= 4 is 72.6 Å². The van der Waals surface area contributed by atoms with Gasteiger partial charge in [-0.3, -0.25) is 4.55 Å². The molecule has 0 saturated heterocycles.